The molecule has 0 heterocycles. The van der Waals surface area contributed by atoms with Crippen molar-refractivity contribution in [3.05, 3.63) is 36.5 Å². The Kier molecular flexibility index (Phi) is 46.4. The molecule has 344 valence electrons. The Morgan fingerprint density at radius 1 is 0.339 bits per heavy atom. The first-order valence-electron chi connectivity index (χ1n) is 25.5. The molecule has 0 aliphatic carbocycles. The number of hydrogen-bond donors (Lipinski definition) is 0. The van der Waals surface area contributed by atoms with Gasteiger partial charge in [0.1, 0.15) is 13.2 Å². The number of hydrogen-bond acceptors (Lipinski definition) is 6. The monoisotopic (exact) mass is 829 g/mol. The van der Waals surface area contributed by atoms with Crippen LogP contribution >= 0.6 is 0 Å². The lowest BCUT2D eigenvalue weighted by atomic mass is 10.0. The minimum atomic E-state index is -0.784. The Balaban J connectivity index is 4.32. The largest absolute Gasteiger partial charge is 0.462 e. The highest BCUT2D eigenvalue weighted by molar-refractivity contribution is 5.71. The van der Waals surface area contributed by atoms with Crippen LogP contribution in [0.15, 0.2) is 36.5 Å². The molecule has 0 aliphatic heterocycles. The minimum Gasteiger partial charge on any atom is -0.462 e. The summed E-state index contributed by atoms with van der Waals surface area (Å²) in [4.78, 5) is 37.8. The first-order chi connectivity index (χ1) is 29.0. The van der Waals surface area contributed by atoms with E-state index < -0.39 is 6.10 Å². The third-order valence-electron chi connectivity index (χ3n) is 11.1. The van der Waals surface area contributed by atoms with E-state index in [-0.39, 0.29) is 31.1 Å². The Morgan fingerprint density at radius 3 is 1.07 bits per heavy atom. The van der Waals surface area contributed by atoms with Crippen molar-refractivity contribution in [2.75, 3.05) is 13.2 Å². The van der Waals surface area contributed by atoms with E-state index in [0.717, 1.165) is 64.2 Å². The van der Waals surface area contributed by atoms with Crippen molar-refractivity contribution in [3.63, 3.8) is 0 Å². The van der Waals surface area contributed by atoms with Gasteiger partial charge in [-0.05, 0) is 64.2 Å². The van der Waals surface area contributed by atoms with Gasteiger partial charge in [0.05, 0.1) is 0 Å². The average molecular weight is 829 g/mol. The number of ether oxygens (including phenoxy) is 3. The smallest absolute Gasteiger partial charge is 0.306 e. The summed E-state index contributed by atoms with van der Waals surface area (Å²) in [7, 11) is 0. The van der Waals surface area contributed by atoms with Crippen molar-refractivity contribution < 1.29 is 28.6 Å². The number of rotatable bonds is 46. The Bertz CT molecular complexity index is 1000. The van der Waals surface area contributed by atoms with Gasteiger partial charge in [0.25, 0.3) is 0 Å². The van der Waals surface area contributed by atoms with Crippen LogP contribution in [-0.4, -0.2) is 37.2 Å². The first kappa shape index (κ1) is 56.6. The van der Waals surface area contributed by atoms with Gasteiger partial charge in [-0.1, -0.05) is 218 Å². The van der Waals surface area contributed by atoms with Crippen LogP contribution < -0.4 is 0 Å². The summed E-state index contributed by atoms with van der Waals surface area (Å²) in [6.45, 7) is 6.56. The second-order valence-electron chi connectivity index (χ2n) is 17.1. The molecule has 6 nitrogen and oxygen atoms in total. The van der Waals surface area contributed by atoms with Gasteiger partial charge < -0.3 is 14.2 Å². The van der Waals surface area contributed by atoms with Crippen molar-refractivity contribution >= 4 is 17.9 Å². The summed E-state index contributed by atoms with van der Waals surface area (Å²) in [5, 5.41) is 0. The maximum atomic E-state index is 12.8. The zero-order chi connectivity index (χ0) is 43.0. The molecular weight excluding hydrogens is 733 g/mol. The lowest BCUT2D eigenvalue weighted by Crippen LogP contribution is -2.30. The highest BCUT2D eigenvalue weighted by Crippen LogP contribution is 2.16. The Labute approximate surface area is 365 Å². The number of unbranched alkanes of at least 4 members (excludes halogenated alkanes) is 30. The van der Waals surface area contributed by atoms with Gasteiger partial charge in [-0.3, -0.25) is 14.4 Å². The van der Waals surface area contributed by atoms with E-state index in [1.165, 1.54) is 161 Å². The summed E-state index contributed by atoms with van der Waals surface area (Å²) in [6.07, 6.45) is 55.7. The van der Waals surface area contributed by atoms with Gasteiger partial charge in [0.2, 0.25) is 0 Å². The van der Waals surface area contributed by atoms with Crippen molar-refractivity contribution in [2.24, 2.45) is 0 Å². The van der Waals surface area contributed by atoms with Gasteiger partial charge in [-0.15, -0.1) is 0 Å². The molecule has 0 bridgehead atoms. The number of carbonyl (C=O) groups is 3. The fraction of sp³-hybridized carbons (Fsp3) is 0.830. The predicted molar refractivity (Wildman–Crippen MR) is 252 cm³/mol. The van der Waals surface area contributed by atoms with Crippen LogP contribution in [0.2, 0.25) is 0 Å². The molecule has 0 saturated heterocycles. The molecule has 59 heavy (non-hydrogen) atoms. The standard InChI is InChI=1S/C53H96O6/c1-4-7-10-13-16-19-21-23-25-26-28-29-31-34-37-40-43-46-52(55)58-49-50(48-57-51(54)45-42-39-36-33-18-15-12-9-6-3)59-53(56)47-44-41-38-35-32-30-27-24-22-20-17-14-11-8-5-2/h17,20,22,24,33,36,50H,4-16,18-19,21,23,25-32,34-35,37-49H2,1-3H3/b20-17-,24-22-,36-33-. The molecule has 0 N–H and O–H groups in total. The molecule has 0 amide bonds. The van der Waals surface area contributed by atoms with E-state index in [0.29, 0.717) is 19.3 Å². The Morgan fingerprint density at radius 2 is 0.627 bits per heavy atom. The van der Waals surface area contributed by atoms with Crippen molar-refractivity contribution in [2.45, 2.75) is 271 Å². The molecule has 0 radical (unpaired) electrons. The molecular formula is C53H96O6. The van der Waals surface area contributed by atoms with Crippen LogP contribution in [0.3, 0.4) is 0 Å². The molecule has 0 spiro atoms. The SMILES string of the molecule is CCCCC/C=C\C=C/CCCCCCCCC(=O)OC(COC(=O)CCC/C=C\CCCCCC)COC(=O)CCCCCCCCCCCCCCCCCCC. The zero-order valence-electron chi connectivity index (χ0n) is 39.3. The van der Waals surface area contributed by atoms with Gasteiger partial charge in [-0.2, -0.15) is 0 Å². The van der Waals surface area contributed by atoms with E-state index in [4.69, 9.17) is 14.2 Å². The third kappa shape index (κ3) is 46.5. The predicted octanol–water partition coefficient (Wildman–Crippen LogP) is 16.5. The fourth-order valence-corrected chi connectivity index (χ4v) is 7.26. The van der Waals surface area contributed by atoms with Gasteiger partial charge in [0.15, 0.2) is 6.10 Å². The molecule has 0 rings (SSSR count). The van der Waals surface area contributed by atoms with E-state index in [1.807, 2.05) is 0 Å². The molecule has 0 aromatic rings. The van der Waals surface area contributed by atoms with Crippen LogP contribution in [0.5, 0.6) is 0 Å². The van der Waals surface area contributed by atoms with Crippen LogP contribution in [0, 0.1) is 0 Å². The summed E-state index contributed by atoms with van der Waals surface area (Å²) < 4.78 is 16.7. The van der Waals surface area contributed by atoms with Gasteiger partial charge in [-0.25, -0.2) is 0 Å². The molecule has 0 fully saturated rings. The van der Waals surface area contributed by atoms with E-state index in [1.54, 1.807) is 0 Å². The first-order valence-corrected chi connectivity index (χ1v) is 25.5. The quantitative estimate of drug-likeness (QED) is 0.0200. The molecule has 0 aromatic carbocycles. The highest BCUT2D eigenvalue weighted by Gasteiger charge is 2.19. The highest BCUT2D eigenvalue weighted by atomic mass is 16.6. The van der Waals surface area contributed by atoms with Crippen LogP contribution in [0.1, 0.15) is 265 Å². The second kappa shape index (κ2) is 48.3. The second-order valence-corrected chi connectivity index (χ2v) is 17.1. The number of allylic oxidation sites excluding steroid dienone is 6. The van der Waals surface area contributed by atoms with Gasteiger partial charge >= 0.3 is 17.9 Å². The van der Waals surface area contributed by atoms with Crippen molar-refractivity contribution in [3.8, 4) is 0 Å². The maximum absolute atomic E-state index is 12.8. The maximum Gasteiger partial charge on any atom is 0.306 e. The number of carbonyl (C=O) groups excluding carboxylic acids is 3. The third-order valence-corrected chi connectivity index (χ3v) is 11.1. The Hall–Kier alpha value is -2.37. The normalized spacial score (nSPS) is 12.3. The molecule has 6 heteroatoms. The van der Waals surface area contributed by atoms with Crippen LogP contribution in [0.4, 0.5) is 0 Å². The fourth-order valence-electron chi connectivity index (χ4n) is 7.26. The lowest BCUT2D eigenvalue weighted by molar-refractivity contribution is -0.167. The summed E-state index contributed by atoms with van der Waals surface area (Å²) in [6, 6.07) is 0. The summed E-state index contributed by atoms with van der Waals surface area (Å²) in [5.41, 5.74) is 0. The van der Waals surface area contributed by atoms with Crippen LogP contribution in [-0.2, 0) is 28.6 Å². The van der Waals surface area contributed by atoms with Crippen LogP contribution in [0.25, 0.3) is 0 Å². The molecule has 1 atom stereocenters. The molecule has 1 unspecified atom stereocenters. The van der Waals surface area contributed by atoms with Crippen molar-refractivity contribution in [1.29, 1.82) is 0 Å². The molecule has 0 aromatic heterocycles. The molecule has 0 aliphatic rings. The zero-order valence-corrected chi connectivity index (χ0v) is 39.3. The van der Waals surface area contributed by atoms with Crippen molar-refractivity contribution in [1.82, 2.24) is 0 Å². The molecule has 0 saturated carbocycles. The summed E-state index contributed by atoms with van der Waals surface area (Å²) in [5.74, 6) is -0.923. The topological polar surface area (TPSA) is 78.9 Å². The lowest BCUT2D eigenvalue weighted by Gasteiger charge is -2.18. The minimum absolute atomic E-state index is 0.0827. The number of esters is 3. The van der Waals surface area contributed by atoms with E-state index in [2.05, 4.69) is 57.2 Å². The van der Waals surface area contributed by atoms with E-state index in [9.17, 15) is 14.4 Å². The van der Waals surface area contributed by atoms with Gasteiger partial charge in [0, 0.05) is 19.3 Å². The van der Waals surface area contributed by atoms with E-state index >= 15 is 0 Å². The summed E-state index contributed by atoms with van der Waals surface area (Å²) >= 11 is 0. The average Bonchev–Trinajstić information content (AvgIpc) is 3.23.